The Morgan fingerprint density at radius 1 is 1.36 bits per heavy atom. The third kappa shape index (κ3) is 1.89. The molecule has 1 fully saturated rings. The molecule has 1 heterocycles. The van der Waals surface area contributed by atoms with Crippen LogP contribution in [0.25, 0.3) is 0 Å². The van der Waals surface area contributed by atoms with Gasteiger partial charge in [-0.2, -0.15) is 0 Å². The molecule has 0 aliphatic heterocycles. The van der Waals surface area contributed by atoms with E-state index in [0.29, 0.717) is 0 Å². The molecule has 0 saturated heterocycles. The molecule has 0 spiro atoms. The molecule has 2 rings (SSSR count). The summed E-state index contributed by atoms with van der Waals surface area (Å²) in [4.78, 5) is 0. The minimum Gasteiger partial charge on any atom is -0.355 e. The zero-order valence-corrected chi connectivity index (χ0v) is 8.95. The Morgan fingerprint density at radius 3 is 2.71 bits per heavy atom. The van der Waals surface area contributed by atoms with Gasteiger partial charge in [0.1, 0.15) is 5.82 Å². The van der Waals surface area contributed by atoms with Gasteiger partial charge in [0, 0.05) is 19.5 Å². The summed E-state index contributed by atoms with van der Waals surface area (Å²) < 4.78 is 2.18. The smallest absolute Gasteiger partial charge is 0.224 e. The lowest BCUT2D eigenvalue weighted by Crippen LogP contribution is -2.08. The first kappa shape index (κ1) is 9.49. The highest BCUT2D eigenvalue weighted by atomic mass is 15.3. The van der Waals surface area contributed by atoms with Crippen molar-refractivity contribution >= 4 is 5.95 Å². The Hall–Kier alpha value is -1.06. The first-order valence-electron chi connectivity index (χ1n) is 5.51. The maximum atomic E-state index is 4.24. The van der Waals surface area contributed by atoms with E-state index in [1.54, 1.807) is 0 Å². The summed E-state index contributed by atoms with van der Waals surface area (Å²) in [5, 5.41) is 11.6. The second-order valence-corrected chi connectivity index (χ2v) is 3.86. The molecule has 1 saturated carbocycles. The van der Waals surface area contributed by atoms with Crippen molar-refractivity contribution in [2.45, 2.75) is 39.7 Å². The Balaban J connectivity index is 2.12. The number of rotatable bonds is 5. The second-order valence-electron chi connectivity index (χ2n) is 3.86. The number of hydrogen-bond acceptors (Lipinski definition) is 3. The Bertz CT molecular complexity index is 301. The number of anilines is 1. The number of aromatic nitrogens is 3. The fourth-order valence-corrected chi connectivity index (χ4v) is 1.69. The zero-order valence-electron chi connectivity index (χ0n) is 8.95. The minimum absolute atomic E-state index is 0.874. The van der Waals surface area contributed by atoms with E-state index in [1.807, 2.05) is 0 Å². The van der Waals surface area contributed by atoms with E-state index in [0.717, 1.165) is 37.2 Å². The number of nitrogens with zero attached hydrogens (tertiary/aromatic N) is 3. The Labute approximate surface area is 84.7 Å². The predicted molar refractivity (Wildman–Crippen MR) is 56.3 cm³/mol. The van der Waals surface area contributed by atoms with Crippen LogP contribution in [0.3, 0.4) is 0 Å². The van der Waals surface area contributed by atoms with Crippen LogP contribution in [0.4, 0.5) is 5.95 Å². The molecule has 0 aromatic carbocycles. The fourth-order valence-electron chi connectivity index (χ4n) is 1.69. The summed E-state index contributed by atoms with van der Waals surface area (Å²) in [5.41, 5.74) is 0. The molecular weight excluding hydrogens is 176 g/mol. The minimum atomic E-state index is 0.874. The molecule has 0 unspecified atom stereocenters. The Morgan fingerprint density at radius 2 is 2.14 bits per heavy atom. The van der Waals surface area contributed by atoms with Gasteiger partial charge in [0.05, 0.1) is 0 Å². The average Bonchev–Trinajstić information content (AvgIpc) is 2.90. The van der Waals surface area contributed by atoms with Gasteiger partial charge in [0.2, 0.25) is 5.95 Å². The third-order valence-corrected chi connectivity index (χ3v) is 2.65. The van der Waals surface area contributed by atoms with Crippen LogP contribution in [0, 0.1) is 5.92 Å². The van der Waals surface area contributed by atoms with E-state index in [9.17, 15) is 0 Å². The molecule has 0 radical (unpaired) electrons. The summed E-state index contributed by atoms with van der Waals surface area (Å²) >= 11 is 0. The topological polar surface area (TPSA) is 42.7 Å². The van der Waals surface area contributed by atoms with Gasteiger partial charge in [0.25, 0.3) is 0 Å². The average molecular weight is 194 g/mol. The lowest BCUT2D eigenvalue weighted by atomic mass is 10.3. The van der Waals surface area contributed by atoms with E-state index < -0.39 is 0 Å². The molecule has 0 amide bonds. The highest BCUT2D eigenvalue weighted by Gasteiger charge is 2.24. The molecule has 4 nitrogen and oxygen atoms in total. The molecule has 1 N–H and O–H groups in total. The van der Waals surface area contributed by atoms with Crippen LogP contribution >= 0.6 is 0 Å². The maximum absolute atomic E-state index is 4.24. The van der Waals surface area contributed by atoms with Crippen molar-refractivity contribution in [1.29, 1.82) is 0 Å². The van der Waals surface area contributed by atoms with Gasteiger partial charge < -0.3 is 5.32 Å². The van der Waals surface area contributed by atoms with Crippen LogP contribution in [0.15, 0.2) is 0 Å². The lowest BCUT2D eigenvalue weighted by Gasteiger charge is -2.07. The van der Waals surface area contributed by atoms with Gasteiger partial charge >= 0.3 is 0 Å². The summed E-state index contributed by atoms with van der Waals surface area (Å²) in [7, 11) is 0. The monoisotopic (exact) mass is 194 g/mol. The highest BCUT2D eigenvalue weighted by Crippen LogP contribution is 2.32. The standard InChI is InChI=1S/C10H18N4/c1-3-11-10-13-12-9(14(10)4-2)7-8-5-6-8/h8H,3-7H2,1-2H3,(H,11,13). The molecule has 0 bridgehead atoms. The van der Waals surface area contributed by atoms with Gasteiger partial charge in [-0.05, 0) is 32.6 Å². The number of nitrogens with one attached hydrogen (secondary N) is 1. The highest BCUT2D eigenvalue weighted by molar-refractivity contribution is 5.25. The van der Waals surface area contributed by atoms with Crippen molar-refractivity contribution in [2.24, 2.45) is 5.92 Å². The normalized spacial score (nSPS) is 15.9. The van der Waals surface area contributed by atoms with Crippen molar-refractivity contribution in [3.8, 4) is 0 Å². The van der Waals surface area contributed by atoms with Gasteiger partial charge in [-0.3, -0.25) is 4.57 Å². The van der Waals surface area contributed by atoms with E-state index >= 15 is 0 Å². The van der Waals surface area contributed by atoms with Crippen LogP contribution in [0.5, 0.6) is 0 Å². The molecule has 1 aromatic heterocycles. The second kappa shape index (κ2) is 3.98. The van der Waals surface area contributed by atoms with Gasteiger partial charge in [-0.1, -0.05) is 0 Å². The van der Waals surface area contributed by atoms with Crippen LogP contribution in [-0.2, 0) is 13.0 Å². The van der Waals surface area contributed by atoms with E-state index in [2.05, 4.69) is 33.9 Å². The summed E-state index contributed by atoms with van der Waals surface area (Å²) in [6, 6.07) is 0. The lowest BCUT2D eigenvalue weighted by molar-refractivity contribution is 0.664. The quantitative estimate of drug-likeness (QED) is 0.775. The first-order chi connectivity index (χ1) is 6.85. The van der Waals surface area contributed by atoms with Crippen LogP contribution in [0.1, 0.15) is 32.5 Å². The third-order valence-electron chi connectivity index (χ3n) is 2.65. The SMILES string of the molecule is CCNc1nnc(CC2CC2)n1CC. The van der Waals surface area contributed by atoms with Crippen LogP contribution < -0.4 is 5.32 Å². The molecule has 1 aliphatic rings. The van der Waals surface area contributed by atoms with Crippen molar-refractivity contribution in [2.75, 3.05) is 11.9 Å². The summed E-state index contributed by atoms with van der Waals surface area (Å²) in [6.07, 6.45) is 3.84. The van der Waals surface area contributed by atoms with E-state index in [1.165, 1.54) is 12.8 Å². The van der Waals surface area contributed by atoms with Crippen molar-refractivity contribution in [3.63, 3.8) is 0 Å². The van der Waals surface area contributed by atoms with Gasteiger partial charge in [-0.15, -0.1) is 10.2 Å². The molecule has 14 heavy (non-hydrogen) atoms. The predicted octanol–water partition coefficient (Wildman–Crippen LogP) is 1.68. The van der Waals surface area contributed by atoms with Crippen molar-refractivity contribution in [1.82, 2.24) is 14.8 Å². The van der Waals surface area contributed by atoms with Crippen molar-refractivity contribution < 1.29 is 0 Å². The van der Waals surface area contributed by atoms with E-state index in [4.69, 9.17) is 0 Å². The van der Waals surface area contributed by atoms with Crippen molar-refractivity contribution in [3.05, 3.63) is 5.82 Å². The summed E-state index contributed by atoms with van der Waals surface area (Å²) in [6.45, 7) is 6.08. The molecule has 1 aliphatic carbocycles. The zero-order chi connectivity index (χ0) is 9.97. The van der Waals surface area contributed by atoms with E-state index in [-0.39, 0.29) is 0 Å². The summed E-state index contributed by atoms with van der Waals surface area (Å²) in [5.74, 6) is 2.94. The maximum Gasteiger partial charge on any atom is 0.224 e. The molecule has 4 heteroatoms. The van der Waals surface area contributed by atoms with Gasteiger partial charge in [0.15, 0.2) is 0 Å². The largest absolute Gasteiger partial charge is 0.355 e. The first-order valence-corrected chi connectivity index (χ1v) is 5.51. The number of hydrogen-bond donors (Lipinski definition) is 1. The molecular formula is C10H18N4. The van der Waals surface area contributed by atoms with Crippen LogP contribution in [0.2, 0.25) is 0 Å². The molecule has 1 aromatic rings. The van der Waals surface area contributed by atoms with Gasteiger partial charge in [-0.25, -0.2) is 0 Å². The Kier molecular flexibility index (Phi) is 2.70. The molecule has 0 atom stereocenters. The van der Waals surface area contributed by atoms with Crippen LogP contribution in [-0.4, -0.2) is 21.3 Å². The fraction of sp³-hybridized carbons (Fsp3) is 0.800. The molecule has 78 valence electrons.